The van der Waals surface area contributed by atoms with Crippen LogP contribution < -0.4 is 15.6 Å². The number of allylic oxidation sites excluding steroid dienone is 1. The van der Waals surface area contributed by atoms with E-state index in [1.807, 2.05) is 4.90 Å². The number of amides is 2. The van der Waals surface area contributed by atoms with E-state index in [1.54, 1.807) is 29.5 Å². The van der Waals surface area contributed by atoms with Crippen LogP contribution in [0.4, 0.5) is 10.6 Å². The van der Waals surface area contributed by atoms with Gasteiger partial charge in [-0.05, 0) is 18.6 Å². The fraction of sp³-hybridized carbons (Fsp3) is 0.500. The van der Waals surface area contributed by atoms with E-state index >= 15 is 4.79 Å². The van der Waals surface area contributed by atoms with Crippen molar-refractivity contribution in [1.29, 1.82) is 0 Å². The zero-order chi connectivity index (χ0) is 28.0. The van der Waals surface area contributed by atoms with Crippen LogP contribution in [0.2, 0.25) is 0 Å². The number of pyridine rings is 1. The number of ether oxygens (including phenoxy) is 2. The molecule has 2 aromatic rings. The van der Waals surface area contributed by atoms with Gasteiger partial charge >= 0.3 is 6.03 Å². The van der Waals surface area contributed by atoms with E-state index in [9.17, 15) is 9.59 Å². The van der Waals surface area contributed by atoms with Gasteiger partial charge in [0.1, 0.15) is 17.8 Å². The first-order valence-corrected chi connectivity index (χ1v) is 13.4. The van der Waals surface area contributed by atoms with Gasteiger partial charge in [-0.15, -0.1) is 10.2 Å². The Bertz CT molecular complexity index is 1380. The van der Waals surface area contributed by atoms with Crippen LogP contribution in [-0.4, -0.2) is 128 Å². The number of carbonyl (C=O) groups excluding carboxylic acids is 3. The molecule has 3 N–H and O–H groups in total. The van der Waals surface area contributed by atoms with Crippen molar-refractivity contribution in [3.63, 3.8) is 0 Å². The molecule has 5 aliphatic rings. The van der Waals surface area contributed by atoms with Crippen LogP contribution in [0.25, 0.3) is 0 Å². The number of aromatic amines is 1. The molecule has 5 aliphatic heterocycles. The Morgan fingerprint density at radius 2 is 1.93 bits per heavy atom. The maximum Gasteiger partial charge on any atom is 0.344 e. The number of aromatic nitrogens is 5. The molecule has 0 bridgehead atoms. The minimum absolute atomic E-state index is 0.0445. The molecule has 214 valence electrons. The highest BCUT2D eigenvalue weighted by Crippen LogP contribution is 2.55. The number of urea groups is 1. The normalized spacial score (nSPS) is 31.5. The van der Waals surface area contributed by atoms with Crippen molar-refractivity contribution in [1.82, 2.24) is 51.4 Å². The Morgan fingerprint density at radius 1 is 1.05 bits per heavy atom. The highest BCUT2D eigenvalue weighted by Gasteiger charge is 2.81. The lowest BCUT2D eigenvalue weighted by Gasteiger charge is -2.56. The van der Waals surface area contributed by atoms with Gasteiger partial charge in [0, 0.05) is 51.2 Å². The molecule has 17 heteroatoms. The van der Waals surface area contributed by atoms with Crippen molar-refractivity contribution >= 4 is 29.1 Å². The third kappa shape index (κ3) is 3.57. The van der Waals surface area contributed by atoms with Gasteiger partial charge in [0.25, 0.3) is 0 Å². The highest BCUT2D eigenvalue weighted by molar-refractivity contribution is 6.69. The standard InChI is InChI=1S/C24H28N12O5/c37-16-5-8-26-19(18(16)38)23(20-29-31-32-30-20)24(21-27-9-13-41-21,33-11-14-40-15-12-33)35(17-4-1-2-6-25-17)22(39)36(23)34-10-3-7-28-34/h1-2,4-6,8,21,27-28H,3,7,9-15H2,(H,29,30,31,32). The van der Waals surface area contributed by atoms with Gasteiger partial charge in [-0.1, -0.05) is 11.3 Å². The maximum atomic E-state index is 15.1. The molecule has 41 heavy (non-hydrogen) atoms. The summed E-state index contributed by atoms with van der Waals surface area (Å²) in [4.78, 5) is 54.7. The number of H-pyrrole nitrogens is 1. The zero-order valence-corrected chi connectivity index (χ0v) is 22.0. The van der Waals surface area contributed by atoms with Crippen molar-refractivity contribution in [2.24, 2.45) is 4.99 Å². The van der Waals surface area contributed by atoms with Gasteiger partial charge in [0.2, 0.25) is 22.9 Å². The van der Waals surface area contributed by atoms with Gasteiger partial charge in [-0.25, -0.2) is 20.2 Å². The van der Waals surface area contributed by atoms with Gasteiger partial charge in [0.15, 0.2) is 5.66 Å². The summed E-state index contributed by atoms with van der Waals surface area (Å²) < 4.78 is 12.1. The average Bonchev–Trinajstić information content (AvgIpc) is 3.83. The van der Waals surface area contributed by atoms with E-state index in [0.29, 0.717) is 64.8 Å². The number of nitrogens with zero attached hydrogens (tertiary/aromatic N) is 9. The summed E-state index contributed by atoms with van der Waals surface area (Å²) in [5.74, 6) is -1.43. The molecule has 2 aromatic heterocycles. The van der Waals surface area contributed by atoms with Gasteiger partial charge < -0.3 is 9.47 Å². The molecule has 17 nitrogen and oxygen atoms in total. The lowest BCUT2D eigenvalue weighted by molar-refractivity contribution is -0.156. The molecule has 7 rings (SSSR count). The smallest absolute Gasteiger partial charge is 0.344 e. The summed E-state index contributed by atoms with van der Waals surface area (Å²) in [5.41, 5.74) is -0.624. The molecule has 7 heterocycles. The number of nitrogens with one attached hydrogen (secondary N) is 3. The second-order valence-electron chi connectivity index (χ2n) is 9.97. The monoisotopic (exact) mass is 564 g/mol. The van der Waals surface area contributed by atoms with Crippen molar-refractivity contribution in [3.8, 4) is 0 Å². The Hall–Kier alpha value is -4.00. The fourth-order valence-electron chi connectivity index (χ4n) is 6.51. The lowest BCUT2D eigenvalue weighted by atomic mass is 9.73. The van der Waals surface area contributed by atoms with Crippen LogP contribution in [0.3, 0.4) is 0 Å². The second kappa shape index (κ2) is 10.1. The Balaban J connectivity index is 1.64. The summed E-state index contributed by atoms with van der Waals surface area (Å²) in [6, 6.07) is 4.67. The number of hydrazine groups is 2. The molecular formula is C24H28N12O5. The lowest BCUT2D eigenvalue weighted by Crippen LogP contribution is -2.81. The predicted octanol–water partition coefficient (Wildman–Crippen LogP) is -2.06. The van der Waals surface area contributed by atoms with Gasteiger partial charge in [-0.2, -0.15) is 10.3 Å². The van der Waals surface area contributed by atoms with E-state index in [-0.39, 0.29) is 11.5 Å². The van der Waals surface area contributed by atoms with Crippen LogP contribution in [-0.2, 0) is 24.6 Å². The van der Waals surface area contributed by atoms with Crippen molar-refractivity contribution in [2.45, 2.75) is 23.9 Å². The zero-order valence-electron chi connectivity index (χ0n) is 22.0. The second-order valence-corrected chi connectivity index (χ2v) is 9.97. The number of hydrogen-bond acceptors (Lipinski definition) is 14. The SMILES string of the molecule is O=C1C=CN=C(C2(c3nn[nH]n3)N(N3CCCN3)C(=O)N(c3ccccn3)C2(C2NCCO2)N2CCOCC2)C1=O. The van der Waals surface area contributed by atoms with Crippen LogP contribution in [0.15, 0.2) is 41.7 Å². The van der Waals surface area contributed by atoms with Crippen LogP contribution >= 0.6 is 0 Å². The first-order valence-electron chi connectivity index (χ1n) is 13.4. The molecule has 0 aromatic carbocycles. The van der Waals surface area contributed by atoms with E-state index in [0.717, 1.165) is 6.08 Å². The molecule has 0 saturated carbocycles. The molecule has 3 atom stereocenters. The van der Waals surface area contributed by atoms with Crippen LogP contribution in [0.5, 0.6) is 0 Å². The first kappa shape index (κ1) is 25.9. The number of rotatable bonds is 6. The largest absolute Gasteiger partial charge is 0.379 e. The molecule has 0 aliphatic carbocycles. The molecule has 4 saturated heterocycles. The van der Waals surface area contributed by atoms with Gasteiger partial charge in [0.05, 0.1) is 19.8 Å². The fourth-order valence-corrected chi connectivity index (χ4v) is 6.51. The Labute approximate surface area is 233 Å². The minimum atomic E-state index is -1.97. The number of morpholine rings is 1. The van der Waals surface area contributed by atoms with Crippen LogP contribution in [0, 0.1) is 0 Å². The van der Waals surface area contributed by atoms with Crippen molar-refractivity contribution < 1.29 is 23.9 Å². The summed E-state index contributed by atoms with van der Waals surface area (Å²) in [6.07, 6.45) is 3.73. The molecule has 4 fully saturated rings. The average molecular weight is 565 g/mol. The molecule has 0 radical (unpaired) electrons. The molecule has 2 amide bonds. The molecule has 0 spiro atoms. The summed E-state index contributed by atoms with van der Waals surface area (Å²) in [7, 11) is 0. The minimum Gasteiger partial charge on any atom is -0.379 e. The number of aliphatic imine (C=N–C) groups is 1. The highest BCUT2D eigenvalue weighted by atomic mass is 16.5. The number of hydrogen-bond donors (Lipinski definition) is 3. The number of carbonyl (C=O) groups is 3. The third-order valence-corrected chi connectivity index (χ3v) is 7.98. The van der Waals surface area contributed by atoms with E-state index in [4.69, 9.17) is 9.47 Å². The van der Waals surface area contributed by atoms with E-state index in [2.05, 4.69) is 41.3 Å². The molecular weight excluding hydrogens is 536 g/mol. The number of ketones is 2. The molecule has 3 unspecified atom stereocenters. The van der Waals surface area contributed by atoms with Crippen LogP contribution in [0.1, 0.15) is 12.2 Å². The topological polar surface area (TPSA) is 186 Å². The van der Waals surface area contributed by atoms with E-state index < -0.39 is 35.0 Å². The van der Waals surface area contributed by atoms with Gasteiger partial charge in [-0.3, -0.25) is 29.7 Å². The third-order valence-electron chi connectivity index (χ3n) is 7.98. The summed E-state index contributed by atoms with van der Waals surface area (Å²) in [5, 5.41) is 21.6. The number of anilines is 1. The van der Waals surface area contributed by atoms with Crippen molar-refractivity contribution in [3.05, 3.63) is 42.5 Å². The predicted molar refractivity (Wildman–Crippen MR) is 139 cm³/mol. The Kier molecular flexibility index (Phi) is 6.40. The summed E-state index contributed by atoms with van der Waals surface area (Å²) in [6.45, 7) is 3.11. The van der Waals surface area contributed by atoms with Crippen molar-refractivity contribution in [2.75, 3.05) is 57.4 Å². The number of Topliss-reactive ketones (excluding diaryl/α,β-unsaturated/α-hetero) is 1. The quantitative estimate of drug-likeness (QED) is 0.326. The Morgan fingerprint density at radius 3 is 2.61 bits per heavy atom. The number of tetrazole rings is 1. The summed E-state index contributed by atoms with van der Waals surface area (Å²) >= 11 is 0. The van der Waals surface area contributed by atoms with E-state index in [1.165, 1.54) is 16.1 Å². The first-order chi connectivity index (χ1) is 20.1. The maximum absolute atomic E-state index is 15.1.